The molecule has 190 valence electrons. The summed E-state index contributed by atoms with van der Waals surface area (Å²) in [6.45, 7) is 2.17. The molecule has 3 aromatic carbocycles. The molecule has 7 nitrogen and oxygen atoms in total. The molecule has 0 atom stereocenters. The van der Waals surface area contributed by atoms with Crippen LogP contribution in [0.2, 0.25) is 0 Å². The summed E-state index contributed by atoms with van der Waals surface area (Å²) in [7, 11) is 0. The first-order valence-electron chi connectivity index (χ1n) is 12.2. The van der Waals surface area contributed by atoms with Gasteiger partial charge in [0.05, 0.1) is 11.4 Å². The van der Waals surface area contributed by atoms with Gasteiger partial charge in [0, 0.05) is 18.2 Å². The quantitative estimate of drug-likeness (QED) is 0.302. The summed E-state index contributed by atoms with van der Waals surface area (Å²) in [5, 5.41) is 7.52. The number of carbonyl (C=O) groups is 2. The number of carbonyl (C=O) groups excluding carboxylic acids is 2. The first-order chi connectivity index (χ1) is 18.0. The minimum atomic E-state index is -0.368. The zero-order chi connectivity index (χ0) is 26.0. The van der Waals surface area contributed by atoms with Crippen LogP contribution in [0.3, 0.4) is 0 Å². The average Bonchev–Trinajstić information content (AvgIpc) is 3.34. The van der Waals surface area contributed by atoms with Crippen LogP contribution < -0.4 is 10.1 Å². The molecule has 0 spiro atoms. The number of halogens is 1. The van der Waals surface area contributed by atoms with E-state index in [0.29, 0.717) is 29.5 Å². The second-order valence-electron chi connectivity index (χ2n) is 8.49. The molecule has 0 fully saturated rings. The van der Waals surface area contributed by atoms with Crippen LogP contribution in [0.1, 0.15) is 19.8 Å². The minimum absolute atomic E-state index is 0.133. The minimum Gasteiger partial charge on any atom is -0.484 e. The van der Waals surface area contributed by atoms with Crippen LogP contribution in [0.5, 0.6) is 5.75 Å². The van der Waals surface area contributed by atoms with Crippen molar-refractivity contribution in [2.75, 3.05) is 25.0 Å². The third-order valence-corrected chi connectivity index (χ3v) is 5.69. The van der Waals surface area contributed by atoms with Gasteiger partial charge < -0.3 is 15.0 Å². The first-order valence-corrected chi connectivity index (χ1v) is 12.2. The maximum Gasteiger partial charge on any atom is 0.260 e. The predicted octanol–water partition coefficient (Wildman–Crippen LogP) is 5.32. The number of rotatable bonds is 11. The van der Waals surface area contributed by atoms with Gasteiger partial charge in [-0.2, -0.15) is 5.10 Å². The number of para-hydroxylation sites is 1. The van der Waals surface area contributed by atoms with Crippen LogP contribution in [0.25, 0.3) is 16.9 Å². The highest BCUT2D eigenvalue weighted by Gasteiger charge is 2.20. The van der Waals surface area contributed by atoms with Gasteiger partial charge in [-0.15, -0.1) is 0 Å². The molecule has 4 rings (SSSR count). The van der Waals surface area contributed by atoms with Crippen molar-refractivity contribution < 1.29 is 18.7 Å². The Morgan fingerprint density at radius 3 is 2.32 bits per heavy atom. The molecular weight excluding hydrogens is 471 g/mol. The molecule has 0 saturated carbocycles. The lowest BCUT2D eigenvalue weighted by molar-refractivity contribution is -0.136. The molecule has 37 heavy (non-hydrogen) atoms. The molecule has 0 bridgehead atoms. The molecule has 1 N–H and O–H groups in total. The van der Waals surface area contributed by atoms with Crippen molar-refractivity contribution in [3.05, 3.63) is 96.8 Å². The third-order valence-electron chi connectivity index (χ3n) is 5.69. The van der Waals surface area contributed by atoms with Crippen molar-refractivity contribution in [1.29, 1.82) is 0 Å². The molecule has 1 aromatic heterocycles. The van der Waals surface area contributed by atoms with E-state index in [9.17, 15) is 14.0 Å². The Hall–Kier alpha value is -4.46. The Bertz CT molecular complexity index is 1310. The fourth-order valence-corrected chi connectivity index (χ4v) is 3.75. The van der Waals surface area contributed by atoms with Crippen LogP contribution in [-0.2, 0) is 9.59 Å². The van der Waals surface area contributed by atoms with Gasteiger partial charge in [-0.3, -0.25) is 9.59 Å². The zero-order valence-electron chi connectivity index (χ0n) is 20.6. The molecule has 2 amide bonds. The van der Waals surface area contributed by atoms with Gasteiger partial charge in [0.2, 0.25) is 5.91 Å². The van der Waals surface area contributed by atoms with Gasteiger partial charge in [0.15, 0.2) is 6.61 Å². The molecule has 0 aliphatic rings. The smallest absolute Gasteiger partial charge is 0.260 e. The van der Waals surface area contributed by atoms with Crippen molar-refractivity contribution in [2.45, 2.75) is 19.8 Å². The first kappa shape index (κ1) is 25.6. The summed E-state index contributed by atoms with van der Waals surface area (Å²) >= 11 is 0. The number of ether oxygens (including phenoxy) is 1. The number of amides is 2. The average molecular weight is 501 g/mol. The molecule has 0 aliphatic heterocycles. The molecule has 4 aromatic rings. The highest BCUT2D eigenvalue weighted by molar-refractivity contribution is 5.94. The topological polar surface area (TPSA) is 76.5 Å². The van der Waals surface area contributed by atoms with Gasteiger partial charge in [-0.25, -0.2) is 9.07 Å². The van der Waals surface area contributed by atoms with Crippen LogP contribution in [0.4, 0.5) is 10.2 Å². The number of benzene rings is 3. The fourth-order valence-electron chi connectivity index (χ4n) is 3.75. The SMILES string of the molecule is CCCCN(CC(=O)Nc1cc(-c2ccccc2)nn1-c1ccc(F)cc1)C(=O)COc1ccccc1. The molecule has 0 radical (unpaired) electrons. The number of unbranched alkanes of at least 4 members (excludes halogenated alkanes) is 1. The number of anilines is 1. The molecule has 1 heterocycles. The fraction of sp³-hybridized carbons (Fsp3) is 0.207. The number of hydrogen-bond donors (Lipinski definition) is 1. The molecule has 0 saturated heterocycles. The summed E-state index contributed by atoms with van der Waals surface area (Å²) in [5.74, 6) is -0.00430. The highest BCUT2D eigenvalue weighted by Crippen LogP contribution is 2.25. The normalized spacial score (nSPS) is 10.6. The largest absolute Gasteiger partial charge is 0.484 e. The van der Waals surface area contributed by atoms with E-state index in [0.717, 1.165) is 18.4 Å². The van der Waals surface area contributed by atoms with E-state index in [-0.39, 0.29) is 30.8 Å². The number of hydrogen-bond acceptors (Lipinski definition) is 4. The van der Waals surface area contributed by atoms with Crippen molar-refractivity contribution in [3.8, 4) is 22.7 Å². The Morgan fingerprint density at radius 1 is 0.973 bits per heavy atom. The summed E-state index contributed by atoms with van der Waals surface area (Å²) in [5.41, 5.74) is 2.11. The van der Waals surface area contributed by atoms with Crippen LogP contribution in [0, 0.1) is 5.82 Å². The zero-order valence-corrected chi connectivity index (χ0v) is 20.6. The summed E-state index contributed by atoms with van der Waals surface area (Å²) in [6.07, 6.45) is 1.64. The Labute approximate surface area is 215 Å². The summed E-state index contributed by atoms with van der Waals surface area (Å²) in [6, 6.07) is 26.2. The number of nitrogens with zero attached hydrogens (tertiary/aromatic N) is 3. The van der Waals surface area contributed by atoms with E-state index >= 15 is 0 Å². The Balaban J connectivity index is 1.51. The van der Waals surface area contributed by atoms with Crippen LogP contribution >= 0.6 is 0 Å². The number of aromatic nitrogens is 2. The van der Waals surface area contributed by atoms with Crippen LogP contribution in [-0.4, -0.2) is 46.2 Å². The van der Waals surface area contributed by atoms with E-state index < -0.39 is 0 Å². The van der Waals surface area contributed by atoms with Gasteiger partial charge in [-0.1, -0.05) is 61.9 Å². The van der Waals surface area contributed by atoms with Gasteiger partial charge in [-0.05, 0) is 42.8 Å². The second kappa shape index (κ2) is 12.5. The molecule has 0 aliphatic carbocycles. The van der Waals surface area contributed by atoms with Gasteiger partial charge >= 0.3 is 0 Å². The lowest BCUT2D eigenvalue weighted by Crippen LogP contribution is -2.41. The lowest BCUT2D eigenvalue weighted by atomic mass is 10.1. The van der Waals surface area contributed by atoms with E-state index in [4.69, 9.17) is 4.74 Å². The standard InChI is InChI=1S/C29H29FN4O3/c1-2-3-18-33(29(36)21-37-25-12-8-5-9-13-25)20-28(35)31-27-19-26(22-10-6-4-7-11-22)32-34(27)24-16-14-23(30)15-17-24/h4-17,19H,2-3,18,20-21H2,1H3,(H,31,35). The predicted molar refractivity (Wildman–Crippen MR) is 141 cm³/mol. The lowest BCUT2D eigenvalue weighted by Gasteiger charge is -2.22. The van der Waals surface area contributed by atoms with Gasteiger partial charge in [0.1, 0.15) is 23.9 Å². The Morgan fingerprint density at radius 2 is 1.65 bits per heavy atom. The molecule has 0 unspecified atom stereocenters. The van der Waals surface area contributed by atoms with Crippen molar-refractivity contribution in [3.63, 3.8) is 0 Å². The maximum atomic E-state index is 13.5. The van der Waals surface area contributed by atoms with Crippen molar-refractivity contribution in [2.24, 2.45) is 0 Å². The third kappa shape index (κ3) is 7.04. The van der Waals surface area contributed by atoms with Crippen molar-refractivity contribution >= 4 is 17.6 Å². The summed E-state index contributed by atoms with van der Waals surface area (Å²) in [4.78, 5) is 27.5. The molecular formula is C29H29FN4O3. The molecule has 8 heteroatoms. The highest BCUT2D eigenvalue weighted by atomic mass is 19.1. The van der Waals surface area contributed by atoms with E-state index in [1.807, 2.05) is 55.5 Å². The second-order valence-corrected chi connectivity index (χ2v) is 8.49. The van der Waals surface area contributed by atoms with E-state index in [2.05, 4.69) is 10.4 Å². The van der Waals surface area contributed by atoms with Gasteiger partial charge in [0.25, 0.3) is 5.91 Å². The summed E-state index contributed by atoms with van der Waals surface area (Å²) < 4.78 is 20.7. The van der Waals surface area contributed by atoms with E-state index in [1.54, 1.807) is 35.0 Å². The Kier molecular flexibility index (Phi) is 8.65. The number of nitrogens with one attached hydrogen (secondary N) is 1. The van der Waals surface area contributed by atoms with Crippen molar-refractivity contribution in [1.82, 2.24) is 14.7 Å². The maximum absolute atomic E-state index is 13.5. The van der Waals surface area contributed by atoms with E-state index in [1.165, 1.54) is 17.0 Å². The van der Waals surface area contributed by atoms with Crippen LogP contribution in [0.15, 0.2) is 91.0 Å². The monoisotopic (exact) mass is 500 g/mol.